The van der Waals surface area contributed by atoms with Gasteiger partial charge in [-0.3, -0.25) is 9.59 Å². The fraction of sp³-hybridized carbons (Fsp3) is 0.222. The summed E-state index contributed by atoms with van der Waals surface area (Å²) in [5.41, 5.74) is 0.173. The average Bonchev–Trinajstić information content (AvgIpc) is 2.15. The van der Waals surface area contributed by atoms with E-state index in [1.165, 1.54) is 6.07 Å². The van der Waals surface area contributed by atoms with E-state index in [0.29, 0.717) is 0 Å². The predicted octanol–water partition coefficient (Wildman–Crippen LogP) is 0.864. The number of rotatable bonds is 4. The molecule has 80 valence electrons. The number of halogens is 1. The maximum Gasteiger partial charge on any atom is 0.311 e. The van der Waals surface area contributed by atoms with Crippen LogP contribution in [0.4, 0.5) is 4.39 Å². The van der Waals surface area contributed by atoms with Crippen LogP contribution in [0.5, 0.6) is 0 Å². The molecular weight excluding hydrogens is 205 g/mol. The van der Waals surface area contributed by atoms with Gasteiger partial charge in [-0.2, -0.15) is 4.39 Å². The highest BCUT2D eigenvalue weighted by Crippen LogP contribution is 2.19. The van der Waals surface area contributed by atoms with Crippen LogP contribution in [0.3, 0.4) is 0 Å². The maximum absolute atomic E-state index is 12.4. The minimum Gasteiger partial charge on any atom is -0.481 e. The lowest BCUT2D eigenvalue weighted by Gasteiger charge is -2.08. The third kappa shape index (κ3) is 3.01. The van der Waals surface area contributed by atoms with Gasteiger partial charge in [0, 0.05) is 6.20 Å². The van der Waals surface area contributed by atoms with E-state index >= 15 is 0 Å². The smallest absolute Gasteiger partial charge is 0.311 e. The zero-order chi connectivity index (χ0) is 11.4. The van der Waals surface area contributed by atoms with Crippen LogP contribution < -0.4 is 0 Å². The highest BCUT2D eigenvalue weighted by Gasteiger charge is 2.23. The van der Waals surface area contributed by atoms with Crippen molar-refractivity contribution in [3.63, 3.8) is 0 Å². The Balaban J connectivity index is 2.94. The minimum atomic E-state index is -1.27. The molecule has 2 N–H and O–H groups in total. The lowest BCUT2D eigenvalue weighted by atomic mass is 9.98. The number of pyridine rings is 1. The molecule has 0 saturated carbocycles. The molecule has 0 aromatic carbocycles. The Morgan fingerprint density at radius 3 is 2.47 bits per heavy atom. The van der Waals surface area contributed by atoms with Crippen molar-refractivity contribution in [3.05, 3.63) is 29.8 Å². The standard InChI is InChI=1S/C9H8FNO4/c10-7-2-1-5(4-11-7)6(9(14)15)3-8(12)13/h1-2,4,6H,3H2,(H,12,13)(H,14,15). The molecule has 1 unspecified atom stereocenters. The summed E-state index contributed by atoms with van der Waals surface area (Å²) < 4.78 is 12.4. The van der Waals surface area contributed by atoms with Crippen LogP contribution >= 0.6 is 0 Å². The summed E-state index contributed by atoms with van der Waals surface area (Å²) in [5.74, 6) is -4.44. The molecular formula is C9H8FNO4. The van der Waals surface area contributed by atoms with Crippen molar-refractivity contribution in [1.29, 1.82) is 0 Å². The van der Waals surface area contributed by atoms with E-state index in [4.69, 9.17) is 10.2 Å². The first kappa shape index (κ1) is 11.1. The zero-order valence-corrected chi connectivity index (χ0v) is 7.55. The Labute approximate surface area is 84.2 Å². The van der Waals surface area contributed by atoms with E-state index in [1.54, 1.807) is 0 Å². The lowest BCUT2D eigenvalue weighted by Crippen LogP contribution is -2.16. The molecule has 0 amide bonds. The van der Waals surface area contributed by atoms with Crippen molar-refractivity contribution in [1.82, 2.24) is 4.98 Å². The topological polar surface area (TPSA) is 87.5 Å². The van der Waals surface area contributed by atoms with Crippen LogP contribution in [0.2, 0.25) is 0 Å². The van der Waals surface area contributed by atoms with Gasteiger partial charge >= 0.3 is 11.9 Å². The van der Waals surface area contributed by atoms with Crippen LogP contribution in [-0.4, -0.2) is 27.1 Å². The summed E-state index contributed by atoms with van der Waals surface area (Å²) in [6.07, 6.45) is 0.472. The fourth-order valence-electron chi connectivity index (χ4n) is 1.12. The number of nitrogens with zero attached hydrogens (tertiary/aromatic N) is 1. The Morgan fingerprint density at radius 1 is 1.40 bits per heavy atom. The van der Waals surface area contributed by atoms with Crippen molar-refractivity contribution in [2.24, 2.45) is 0 Å². The maximum atomic E-state index is 12.4. The number of hydrogen-bond donors (Lipinski definition) is 2. The van der Waals surface area contributed by atoms with Crippen LogP contribution in [0.15, 0.2) is 18.3 Å². The van der Waals surface area contributed by atoms with Gasteiger partial charge in [0.05, 0.1) is 12.3 Å². The lowest BCUT2D eigenvalue weighted by molar-refractivity contribution is -0.145. The second-order valence-electron chi connectivity index (χ2n) is 2.90. The molecule has 1 aromatic rings. The number of hydrogen-bond acceptors (Lipinski definition) is 3. The van der Waals surface area contributed by atoms with Crippen LogP contribution in [0, 0.1) is 5.95 Å². The minimum absolute atomic E-state index is 0.173. The van der Waals surface area contributed by atoms with Gasteiger partial charge in [-0.25, -0.2) is 4.98 Å². The number of carboxylic acid groups (broad SMARTS) is 2. The van der Waals surface area contributed by atoms with E-state index in [9.17, 15) is 14.0 Å². The summed E-state index contributed by atoms with van der Waals surface area (Å²) in [7, 11) is 0. The Bertz CT molecular complexity index is 376. The summed E-state index contributed by atoms with van der Waals surface area (Å²) in [5, 5.41) is 17.3. The first-order valence-electron chi connectivity index (χ1n) is 4.06. The Morgan fingerprint density at radius 2 is 2.07 bits per heavy atom. The van der Waals surface area contributed by atoms with Gasteiger partial charge < -0.3 is 10.2 Å². The van der Waals surface area contributed by atoms with Crippen molar-refractivity contribution in [2.45, 2.75) is 12.3 Å². The SMILES string of the molecule is O=C(O)CC(C(=O)O)c1ccc(F)nc1. The second-order valence-corrected chi connectivity index (χ2v) is 2.90. The van der Waals surface area contributed by atoms with E-state index in [2.05, 4.69) is 4.98 Å². The molecule has 0 aliphatic rings. The van der Waals surface area contributed by atoms with Crippen molar-refractivity contribution >= 4 is 11.9 Å². The third-order valence-electron chi connectivity index (χ3n) is 1.83. The summed E-state index contributed by atoms with van der Waals surface area (Å²) in [6, 6.07) is 2.21. The second kappa shape index (κ2) is 4.50. The zero-order valence-electron chi connectivity index (χ0n) is 7.55. The van der Waals surface area contributed by atoms with Crippen molar-refractivity contribution in [3.8, 4) is 0 Å². The summed E-state index contributed by atoms with van der Waals surface area (Å²) >= 11 is 0. The first-order valence-corrected chi connectivity index (χ1v) is 4.06. The quantitative estimate of drug-likeness (QED) is 0.724. The van der Waals surface area contributed by atoms with Gasteiger partial charge in [0.15, 0.2) is 0 Å². The van der Waals surface area contributed by atoms with Crippen LogP contribution in [-0.2, 0) is 9.59 Å². The van der Waals surface area contributed by atoms with E-state index in [0.717, 1.165) is 12.3 Å². The summed E-state index contributed by atoms with van der Waals surface area (Å²) in [4.78, 5) is 24.4. The average molecular weight is 213 g/mol. The first-order chi connectivity index (χ1) is 7.00. The van der Waals surface area contributed by atoms with Gasteiger partial charge in [0.25, 0.3) is 0 Å². The van der Waals surface area contributed by atoms with Crippen molar-refractivity contribution in [2.75, 3.05) is 0 Å². The molecule has 0 aliphatic carbocycles. The molecule has 6 heteroatoms. The molecule has 0 bridgehead atoms. The molecule has 0 saturated heterocycles. The fourth-order valence-corrected chi connectivity index (χ4v) is 1.12. The van der Waals surface area contributed by atoms with Gasteiger partial charge in [-0.05, 0) is 11.6 Å². The van der Waals surface area contributed by atoms with Crippen LogP contribution in [0.25, 0.3) is 0 Å². The largest absolute Gasteiger partial charge is 0.481 e. The van der Waals surface area contributed by atoms with E-state index in [1.807, 2.05) is 0 Å². The highest BCUT2D eigenvalue weighted by atomic mass is 19.1. The Hall–Kier alpha value is -1.98. The predicted molar refractivity (Wildman–Crippen MR) is 46.8 cm³/mol. The molecule has 1 heterocycles. The van der Waals surface area contributed by atoms with Crippen molar-refractivity contribution < 1.29 is 24.2 Å². The van der Waals surface area contributed by atoms with E-state index in [-0.39, 0.29) is 5.56 Å². The number of carboxylic acids is 2. The van der Waals surface area contributed by atoms with Crippen LogP contribution in [0.1, 0.15) is 17.9 Å². The molecule has 5 nitrogen and oxygen atoms in total. The molecule has 0 aliphatic heterocycles. The van der Waals surface area contributed by atoms with E-state index < -0.39 is 30.2 Å². The molecule has 1 atom stereocenters. The van der Waals surface area contributed by atoms with Gasteiger partial charge in [0.2, 0.25) is 5.95 Å². The van der Waals surface area contributed by atoms with Gasteiger partial charge in [0.1, 0.15) is 0 Å². The van der Waals surface area contributed by atoms with Gasteiger partial charge in [-0.15, -0.1) is 0 Å². The number of aromatic nitrogens is 1. The number of aliphatic carboxylic acids is 2. The molecule has 0 radical (unpaired) electrons. The van der Waals surface area contributed by atoms with Gasteiger partial charge in [-0.1, -0.05) is 6.07 Å². The normalized spacial score (nSPS) is 12.1. The highest BCUT2D eigenvalue weighted by molar-refractivity contribution is 5.82. The molecule has 0 fully saturated rings. The third-order valence-corrected chi connectivity index (χ3v) is 1.83. The monoisotopic (exact) mass is 213 g/mol. The molecule has 1 aromatic heterocycles. The molecule has 1 rings (SSSR count). The summed E-state index contributed by atoms with van der Waals surface area (Å²) in [6.45, 7) is 0. The number of carbonyl (C=O) groups is 2. The molecule has 15 heavy (non-hydrogen) atoms. The molecule has 0 spiro atoms. The Kier molecular flexibility index (Phi) is 3.33.